The van der Waals surface area contributed by atoms with Crippen LogP contribution < -0.4 is 0 Å². The van der Waals surface area contributed by atoms with Crippen LogP contribution in [0.15, 0.2) is 24.3 Å². The van der Waals surface area contributed by atoms with Crippen LogP contribution in [0.4, 0.5) is 0 Å². The van der Waals surface area contributed by atoms with Gasteiger partial charge in [-0.15, -0.1) is 0 Å². The molecule has 2 heteroatoms. The normalized spacial score (nSPS) is 30.7. The van der Waals surface area contributed by atoms with Gasteiger partial charge in [0.05, 0.1) is 18.3 Å². The highest BCUT2D eigenvalue weighted by molar-refractivity contribution is 5.24. The molecule has 1 fully saturated rings. The Balaban J connectivity index is 1.99. The Labute approximate surface area is 123 Å². The molecule has 0 heterocycles. The Morgan fingerprint density at radius 1 is 1.35 bits per heavy atom. The molecule has 20 heavy (non-hydrogen) atoms. The second-order valence-electron chi connectivity index (χ2n) is 6.75. The average molecular weight is 276 g/mol. The Morgan fingerprint density at radius 3 is 2.70 bits per heavy atom. The maximum absolute atomic E-state index is 10.7. The van der Waals surface area contributed by atoms with E-state index in [1.54, 1.807) is 0 Å². The van der Waals surface area contributed by atoms with Gasteiger partial charge in [0, 0.05) is 6.42 Å². The summed E-state index contributed by atoms with van der Waals surface area (Å²) in [5.74, 6) is 0.817. The molecule has 1 N–H and O–H groups in total. The summed E-state index contributed by atoms with van der Waals surface area (Å²) in [6, 6.07) is 8.35. The van der Waals surface area contributed by atoms with Gasteiger partial charge in [0.15, 0.2) is 0 Å². The maximum atomic E-state index is 10.7. The largest absolute Gasteiger partial charge is 0.390 e. The number of rotatable bonds is 4. The molecule has 1 saturated carbocycles. The first-order chi connectivity index (χ1) is 9.42. The molecular weight excluding hydrogens is 248 g/mol. The van der Waals surface area contributed by atoms with Crippen molar-refractivity contribution >= 4 is 0 Å². The summed E-state index contributed by atoms with van der Waals surface area (Å²) in [6.07, 6.45) is 2.87. The zero-order chi connectivity index (χ0) is 14.8. The van der Waals surface area contributed by atoms with Crippen molar-refractivity contribution in [3.05, 3.63) is 35.4 Å². The molecule has 1 unspecified atom stereocenters. The van der Waals surface area contributed by atoms with Gasteiger partial charge in [-0.2, -0.15) is 0 Å². The highest BCUT2D eigenvalue weighted by atomic mass is 16.5. The SMILES string of the molecule is Cc1ccccc1COC1C[C@@](O)(C(C)C)CC[C@H]1C. The Morgan fingerprint density at radius 2 is 2.05 bits per heavy atom. The quantitative estimate of drug-likeness (QED) is 0.897. The maximum Gasteiger partial charge on any atom is 0.0723 e. The lowest BCUT2D eigenvalue weighted by Crippen LogP contribution is -2.45. The number of benzene rings is 1. The van der Waals surface area contributed by atoms with Crippen molar-refractivity contribution in [1.82, 2.24) is 0 Å². The highest BCUT2D eigenvalue weighted by Gasteiger charge is 2.40. The number of aryl methyl sites for hydroxylation is 1. The van der Waals surface area contributed by atoms with Crippen molar-refractivity contribution in [2.75, 3.05) is 0 Å². The van der Waals surface area contributed by atoms with E-state index >= 15 is 0 Å². The average Bonchev–Trinajstić information content (AvgIpc) is 2.41. The molecule has 2 rings (SSSR count). The molecule has 0 spiro atoms. The molecule has 0 radical (unpaired) electrons. The van der Waals surface area contributed by atoms with Crippen molar-refractivity contribution in [3.63, 3.8) is 0 Å². The highest BCUT2D eigenvalue weighted by Crippen LogP contribution is 2.38. The summed E-state index contributed by atoms with van der Waals surface area (Å²) in [5.41, 5.74) is 1.97. The smallest absolute Gasteiger partial charge is 0.0723 e. The van der Waals surface area contributed by atoms with Gasteiger partial charge in [-0.1, -0.05) is 45.0 Å². The third kappa shape index (κ3) is 3.42. The summed E-state index contributed by atoms with van der Waals surface area (Å²) in [5, 5.41) is 10.7. The Bertz CT molecular complexity index is 441. The standard InChI is InChI=1S/C18H28O2/c1-13(2)18(19)10-9-15(4)17(11-18)20-12-16-8-6-5-7-14(16)3/h5-8,13,15,17,19H,9-12H2,1-4H3/t15-,17?,18-/m1/s1. The van der Waals surface area contributed by atoms with E-state index < -0.39 is 5.60 Å². The van der Waals surface area contributed by atoms with Crippen molar-refractivity contribution in [3.8, 4) is 0 Å². The van der Waals surface area contributed by atoms with Crippen molar-refractivity contribution in [2.24, 2.45) is 11.8 Å². The number of ether oxygens (including phenoxy) is 1. The molecular formula is C18H28O2. The summed E-state index contributed by atoms with van der Waals surface area (Å²) >= 11 is 0. The van der Waals surface area contributed by atoms with E-state index in [4.69, 9.17) is 4.74 Å². The molecule has 2 nitrogen and oxygen atoms in total. The molecule has 1 aromatic rings. The van der Waals surface area contributed by atoms with Crippen LogP contribution >= 0.6 is 0 Å². The van der Waals surface area contributed by atoms with Crippen molar-refractivity contribution in [2.45, 2.75) is 65.3 Å². The fraction of sp³-hybridized carbons (Fsp3) is 0.667. The van der Waals surface area contributed by atoms with Crippen LogP contribution in [-0.4, -0.2) is 16.8 Å². The molecule has 0 amide bonds. The van der Waals surface area contributed by atoms with E-state index in [1.807, 2.05) is 0 Å². The van der Waals surface area contributed by atoms with E-state index in [1.165, 1.54) is 11.1 Å². The van der Waals surface area contributed by atoms with E-state index in [0.29, 0.717) is 18.4 Å². The molecule has 1 aromatic carbocycles. The van der Waals surface area contributed by atoms with Crippen LogP contribution in [0.25, 0.3) is 0 Å². The van der Waals surface area contributed by atoms with Crippen LogP contribution in [0.3, 0.4) is 0 Å². The molecule has 112 valence electrons. The molecule has 0 saturated heterocycles. The van der Waals surface area contributed by atoms with Gasteiger partial charge < -0.3 is 9.84 Å². The number of hydrogen-bond donors (Lipinski definition) is 1. The lowest BCUT2D eigenvalue weighted by Gasteiger charge is -2.42. The molecule has 0 aliphatic heterocycles. The third-order valence-electron chi connectivity index (χ3n) is 5.01. The Hall–Kier alpha value is -0.860. The van der Waals surface area contributed by atoms with Crippen LogP contribution in [0.5, 0.6) is 0 Å². The van der Waals surface area contributed by atoms with Gasteiger partial charge in [-0.25, -0.2) is 0 Å². The fourth-order valence-corrected chi connectivity index (χ4v) is 3.03. The van der Waals surface area contributed by atoms with E-state index in [0.717, 1.165) is 19.3 Å². The minimum Gasteiger partial charge on any atom is -0.390 e. The summed E-state index contributed by atoms with van der Waals surface area (Å²) in [7, 11) is 0. The van der Waals surface area contributed by atoms with Gasteiger partial charge in [0.1, 0.15) is 0 Å². The third-order valence-corrected chi connectivity index (χ3v) is 5.01. The zero-order valence-corrected chi connectivity index (χ0v) is 13.2. The first kappa shape index (κ1) is 15.5. The van der Waals surface area contributed by atoms with Gasteiger partial charge in [-0.3, -0.25) is 0 Å². The second-order valence-corrected chi connectivity index (χ2v) is 6.75. The number of hydrogen-bond acceptors (Lipinski definition) is 2. The zero-order valence-electron chi connectivity index (χ0n) is 13.2. The molecule has 1 aliphatic carbocycles. The molecule has 0 aromatic heterocycles. The summed E-state index contributed by atoms with van der Waals surface area (Å²) in [6.45, 7) is 9.22. The molecule has 0 bridgehead atoms. The summed E-state index contributed by atoms with van der Waals surface area (Å²) < 4.78 is 6.15. The van der Waals surface area contributed by atoms with Crippen LogP contribution in [0, 0.1) is 18.8 Å². The molecule has 3 atom stereocenters. The van der Waals surface area contributed by atoms with Crippen LogP contribution in [-0.2, 0) is 11.3 Å². The monoisotopic (exact) mass is 276 g/mol. The lowest BCUT2D eigenvalue weighted by molar-refractivity contribution is -0.119. The first-order valence-electron chi connectivity index (χ1n) is 7.81. The van der Waals surface area contributed by atoms with Crippen LogP contribution in [0.2, 0.25) is 0 Å². The first-order valence-corrected chi connectivity index (χ1v) is 7.81. The van der Waals surface area contributed by atoms with Gasteiger partial charge >= 0.3 is 0 Å². The van der Waals surface area contributed by atoms with Gasteiger partial charge in [0.25, 0.3) is 0 Å². The van der Waals surface area contributed by atoms with Gasteiger partial charge in [-0.05, 0) is 42.7 Å². The molecule has 1 aliphatic rings. The lowest BCUT2D eigenvalue weighted by atomic mass is 9.72. The van der Waals surface area contributed by atoms with Crippen molar-refractivity contribution in [1.29, 1.82) is 0 Å². The predicted molar refractivity (Wildman–Crippen MR) is 82.6 cm³/mol. The van der Waals surface area contributed by atoms with Crippen LogP contribution in [0.1, 0.15) is 51.2 Å². The van der Waals surface area contributed by atoms with E-state index in [9.17, 15) is 5.11 Å². The number of aliphatic hydroxyl groups is 1. The van der Waals surface area contributed by atoms with Gasteiger partial charge in [0.2, 0.25) is 0 Å². The summed E-state index contributed by atoms with van der Waals surface area (Å²) in [4.78, 5) is 0. The fourth-order valence-electron chi connectivity index (χ4n) is 3.03. The Kier molecular flexibility index (Phi) is 4.87. The minimum absolute atomic E-state index is 0.163. The predicted octanol–water partition coefficient (Wildman–Crippen LogP) is 4.09. The van der Waals surface area contributed by atoms with E-state index in [2.05, 4.69) is 52.0 Å². The topological polar surface area (TPSA) is 29.5 Å². The van der Waals surface area contributed by atoms with E-state index in [-0.39, 0.29) is 6.10 Å². The minimum atomic E-state index is -0.553. The second kappa shape index (κ2) is 6.28. The van der Waals surface area contributed by atoms with Crippen molar-refractivity contribution < 1.29 is 9.84 Å².